The molecule has 1 amide bonds. The molecular weight excluding hydrogens is 442 g/mol. The monoisotopic (exact) mass is 477 g/mol. The molecular formula is C28H35N3O4. The van der Waals surface area contributed by atoms with Gasteiger partial charge in [-0.05, 0) is 81.5 Å². The molecule has 0 aromatic heterocycles. The highest BCUT2D eigenvalue weighted by molar-refractivity contribution is 6.08. The maximum atomic E-state index is 13.6. The third-order valence-electron chi connectivity index (χ3n) is 7.31. The number of phenols is 1. The van der Waals surface area contributed by atoms with E-state index in [2.05, 4.69) is 44.3 Å². The van der Waals surface area contributed by atoms with Gasteiger partial charge in [0.2, 0.25) is 0 Å². The molecule has 0 spiro atoms. The van der Waals surface area contributed by atoms with Gasteiger partial charge in [0.1, 0.15) is 22.8 Å². The lowest BCUT2D eigenvalue weighted by molar-refractivity contribution is 0.0107. The van der Waals surface area contributed by atoms with Crippen molar-refractivity contribution in [3.05, 3.63) is 57.5 Å². The van der Waals surface area contributed by atoms with Crippen LogP contribution in [0.5, 0.6) is 11.5 Å². The van der Waals surface area contributed by atoms with Crippen LogP contribution in [0.2, 0.25) is 0 Å². The quantitative estimate of drug-likeness (QED) is 0.172. The molecule has 2 aromatic carbocycles. The van der Waals surface area contributed by atoms with E-state index < -0.39 is 5.91 Å². The van der Waals surface area contributed by atoms with E-state index in [0.29, 0.717) is 29.1 Å². The van der Waals surface area contributed by atoms with Crippen molar-refractivity contribution in [2.75, 3.05) is 11.1 Å². The number of nitrogens with zero attached hydrogens (tertiary/aromatic N) is 1. The minimum absolute atomic E-state index is 0.0272. The number of allylic oxidation sites excluding steroid dienone is 2. The fourth-order valence-corrected chi connectivity index (χ4v) is 5.58. The number of aromatic hydroxyl groups is 1. The zero-order chi connectivity index (χ0) is 25.3. The fourth-order valence-electron chi connectivity index (χ4n) is 5.58. The molecule has 186 valence electrons. The van der Waals surface area contributed by atoms with E-state index >= 15 is 0 Å². The van der Waals surface area contributed by atoms with Gasteiger partial charge in [-0.15, -0.1) is 4.91 Å². The third kappa shape index (κ3) is 4.90. The van der Waals surface area contributed by atoms with E-state index in [1.165, 1.54) is 17.7 Å². The molecule has 0 radical (unpaired) electrons. The highest BCUT2D eigenvalue weighted by Crippen LogP contribution is 2.54. The first-order chi connectivity index (χ1) is 16.6. The Labute approximate surface area is 206 Å². The van der Waals surface area contributed by atoms with Gasteiger partial charge in [-0.25, -0.2) is 0 Å². The summed E-state index contributed by atoms with van der Waals surface area (Å²) in [4.78, 5) is 24.6. The van der Waals surface area contributed by atoms with Crippen molar-refractivity contribution >= 4 is 23.0 Å². The minimum atomic E-state index is -0.447. The standard InChI is InChI=1S/C28H35N3O4/c1-5-6-7-8-17-12-23-25(21-11-16(2)9-10-22(21)28(3,4)35-23)26(32)24(17)27(33)30-19-13-18(29)14-20(15-19)31-34/h11-15,21-22,32H,5-10,29H2,1-4H3,(H,30,33)/t21-,22-/m1/s1. The van der Waals surface area contributed by atoms with Crippen molar-refractivity contribution < 1.29 is 14.6 Å². The fraction of sp³-hybridized carbons (Fsp3) is 0.464. The van der Waals surface area contributed by atoms with Crippen LogP contribution in [0.15, 0.2) is 41.1 Å². The topological polar surface area (TPSA) is 114 Å². The minimum Gasteiger partial charge on any atom is -0.507 e. The molecule has 4 rings (SSSR count). The number of fused-ring (bicyclic) bond motifs is 3. The van der Waals surface area contributed by atoms with Crippen LogP contribution in [0.1, 0.15) is 87.2 Å². The lowest BCUT2D eigenvalue weighted by atomic mass is 9.67. The number of benzene rings is 2. The molecule has 0 saturated carbocycles. The second kappa shape index (κ2) is 9.72. The maximum absolute atomic E-state index is 13.6. The average molecular weight is 478 g/mol. The van der Waals surface area contributed by atoms with Crippen LogP contribution in [-0.4, -0.2) is 16.6 Å². The van der Waals surface area contributed by atoms with Gasteiger partial charge in [0.05, 0.1) is 5.56 Å². The molecule has 4 N–H and O–H groups in total. The van der Waals surface area contributed by atoms with Gasteiger partial charge in [0.15, 0.2) is 0 Å². The molecule has 2 atom stereocenters. The van der Waals surface area contributed by atoms with Crippen LogP contribution in [0.4, 0.5) is 17.1 Å². The van der Waals surface area contributed by atoms with E-state index in [1.54, 1.807) is 6.07 Å². The average Bonchev–Trinajstić information content (AvgIpc) is 2.77. The normalized spacial score (nSPS) is 20.2. The molecule has 0 unspecified atom stereocenters. The predicted molar refractivity (Wildman–Crippen MR) is 140 cm³/mol. The third-order valence-corrected chi connectivity index (χ3v) is 7.31. The first-order valence-electron chi connectivity index (χ1n) is 12.4. The molecule has 1 heterocycles. The summed E-state index contributed by atoms with van der Waals surface area (Å²) in [6.45, 7) is 8.45. The molecule has 1 aliphatic carbocycles. The van der Waals surface area contributed by atoms with Crippen LogP contribution < -0.4 is 15.8 Å². The van der Waals surface area contributed by atoms with Gasteiger partial charge in [0, 0.05) is 28.8 Å². The summed E-state index contributed by atoms with van der Waals surface area (Å²) in [6.07, 6.45) is 7.76. The zero-order valence-electron chi connectivity index (χ0n) is 21.0. The summed E-state index contributed by atoms with van der Waals surface area (Å²) >= 11 is 0. The Morgan fingerprint density at radius 1 is 1.26 bits per heavy atom. The lowest BCUT2D eigenvalue weighted by Gasteiger charge is -2.46. The van der Waals surface area contributed by atoms with E-state index in [4.69, 9.17) is 10.5 Å². The van der Waals surface area contributed by atoms with E-state index in [0.717, 1.165) is 37.7 Å². The Bertz CT molecular complexity index is 1190. The number of aryl methyl sites for hydroxylation is 1. The maximum Gasteiger partial charge on any atom is 0.259 e. The second-order valence-electron chi connectivity index (χ2n) is 10.4. The smallest absolute Gasteiger partial charge is 0.259 e. The molecule has 2 aromatic rings. The van der Waals surface area contributed by atoms with E-state index in [-0.39, 0.29) is 34.4 Å². The summed E-state index contributed by atoms with van der Waals surface area (Å²) in [6, 6.07) is 6.40. The predicted octanol–water partition coefficient (Wildman–Crippen LogP) is 6.97. The summed E-state index contributed by atoms with van der Waals surface area (Å²) < 4.78 is 6.47. The van der Waals surface area contributed by atoms with E-state index in [9.17, 15) is 14.8 Å². The van der Waals surface area contributed by atoms with Crippen molar-refractivity contribution in [2.45, 2.75) is 77.7 Å². The molecule has 7 nitrogen and oxygen atoms in total. The Kier molecular flexibility index (Phi) is 6.88. The van der Waals surface area contributed by atoms with Crippen molar-refractivity contribution in [1.29, 1.82) is 0 Å². The Balaban J connectivity index is 1.82. The largest absolute Gasteiger partial charge is 0.507 e. The van der Waals surface area contributed by atoms with Crippen molar-refractivity contribution in [2.24, 2.45) is 11.1 Å². The van der Waals surface area contributed by atoms with Gasteiger partial charge < -0.3 is 20.9 Å². The molecule has 1 aliphatic heterocycles. The summed E-state index contributed by atoms with van der Waals surface area (Å²) in [5.41, 5.74) is 9.24. The number of phenolic OH excluding ortho intramolecular Hbond substituents is 1. The Hall–Kier alpha value is -3.35. The van der Waals surface area contributed by atoms with Gasteiger partial charge in [-0.2, -0.15) is 0 Å². The number of nitrogens with two attached hydrogens (primary N) is 1. The molecule has 0 saturated heterocycles. The molecule has 7 heteroatoms. The van der Waals surface area contributed by atoms with Gasteiger partial charge in [-0.3, -0.25) is 4.79 Å². The number of nitrogens with one attached hydrogen (secondary N) is 1. The number of nitroso groups, excluding NO2 is 1. The summed E-state index contributed by atoms with van der Waals surface area (Å²) in [5.74, 6) is 0.343. The zero-order valence-corrected chi connectivity index (χ0v) is 21.0. The van der Waals surface area contributed by atoms with Gasteiger partial charge in [-0.1, -0.05) is 31.4 Å². The first kappa shape index (κ1) is 24.8. The number of ether oxygens (including phenoxy) is 1. The van der Waals surface area contributed by atoms with Gasteiger partial charge in [0.25, 0.3) is 5.91 Å². The van der Waals surface area contributed by atoms with Crippen LogP contribution in [0, 0.1) is 10.8 Å². The molecule has 2 aliphatic rings. The van der Waals surface area contributed by atoms with Crippen LogP contribution in [0.25, 0.3) is 0 Å². The highest BCUT2D eigenvalue weighted by Gasteiger charge is 2.46. The van der Waals surface area contributed by atoms with Crippen molar-refractivity contribution in [3.63, 3.8) is 0 Å². The highest BCUT2D eigenvalue weighted by atomic mass is 16.5. The van der Waals surface area contributed by atoms with Gasteiger partial charge >= 0.3 is 0 Å². The number of amides is 1. The number of unbranched alkanes of at least 4 members (excludes halogenated alkanes) is 2. The Morgan fingerprint density at radius 2 is 2.03 bits per heavy atom. The number of rotatable bonds is 7. The molecule has 35 heavy (non-hydrogen) atoms. The number of nitrogen functional groups attached to an aromatic ring is 1. The van der Waals surface area contributed by atoms with Crippen molar-refractivity contribution in [3.8, 4) is 11.5 Å². The van der Waals surface area contributed by atoms with Crippen LogP contribution in [-0.2, 0) is 6.42 Å². The SMILES string of the molecule is CCCCCc1cc2c(c(O)c1C(=O)Nc1cc(N)cc(N=O)c1)[C@@H]1C=C(C)CC[C@H]1C(C)(C)O2. The second-order valence-corrected chi connectivity index (χ2v) is 10.4. The number of carbonyl (C=O) groups is 1. The van der Waals surface area contributed by atoms with Crippen LogP contribution in [0.3, 0.4) is 0 Å². The first-order valence-corrected chi connectivity index (χ1v) is 12.4. The number of hydrogen-bond acceptors (Lipinski definition) is 6. The molecule has 0 bridgehead atoms. The number of anilines is 2. The van der Waals surface area contributed by atoms with Crippen LogP contribution >= 0.6 is 0 Å². The lowest BCUT2D eigenvalue weighted by Crippen LogP contribution is -2.45. The summed E-state index contributed by atoms with van der Waals surface area (Å²) in [7, 11) is 0. The number of carbonyl (C=O) groups excluding carboxylic acids is 1. The summed E-state index contributed by atoms with van der Waals surface area (Å²) in [5, 5.41) is 17.3. The molecule has 0 fully saturated rings. The number of hydrogen-bond donors (Lipinski definition) is 3. The van der Waals surface area contributed by atoms with Crippen molar-refractivity contribution in [1.82, 2.24) is 0 Å². The Morgan fingerprint density at radius 3 is 2.74 bits per heavy atom. The van der Waals surface area contributed by atoms with E-state index in [1.807, 2.05) is 6.07 Å².